The first-order chi connectivity index (χ1) is 12.1. The Labute approximate surface area is 156 Å². The number of ether oxygens (including phenoxy) is 2. The molecule has 1 aromatic carbocycles. The monoisotopic (exact) mass is 362 g/mol. The van der Waals surface area contributed by atoms with Crippen LogP contribution in [0.3, 0.4) is 0 Å². The lowest BCUT2D eigenvalue weighted by atomic mass is 10.2. The standard InChI is InChI=1S/C20H30N2O4/c1-7-25-18(23)14-17(21-16-10-8-15(2)9-11-16)12-13-22(6)19(24)26-20(3,4)5/h8-11,14,21H,7,12-13H2,1-6H3. The summed E-state index contributed by atoms with van der Waals surface area (Å²) in [5, 5.41) is 3.22. The molecule has 0 aliphatic rings. The minimum Gasteiger partial charge on any atom is -0.463 e. The Morgan fingerprint density at radius 3 is 2.35 bits per heavy atom. The van der Waals surface area contributed by atoms with Gasteiger partial charge >= 0.3 is 12.1 Å². The number of hydrogen-bond donors (Lipinski definition) is 1. The highest BCUT2D eigenvalue weighted by Gasteiger charge is 2.19. The van der Waals surface area contributed by atoms with Gasteiger partial charge in [0.15, 0.2) is 0 Å². The summed E-state index contributed by atoms with van der Waals surface area (Å²) in [7, 11) is 1.67. The number of benzene rings is 1. The number of amides is 1. The minimum atomic E-state index is -0.547. The Balaban J connectivity index is 2.77. The van der Waals surface area contributed by atoms with E-state index in [1.807, 2.05) is 52.0 Å². The molecule has 0 aliphatic heterocycles. The van der Waals surface area contributed by atoms with Crippen LogP contribution in [0.4, 0.5) is 10.5 Å². The van der Waals surface area contributed by atoms with Crippen LogP contribution >= 0.6 is 0 Å². The van der Waals surface area contributed by atoms with Gasteiger partial charge < -0.3 is 19.7 Å². The highest BCUT2D eigenvalue weighted by atomic mass is 16.6. The van der Waals surface area contributed by atoms with Gasteiger partial charge in [-0.25, -0.2) is 9.59 Å². The maximum atomic E-state index is 12.1. The van der Waals surface area contributed by atoms with Crippen LogP contribution in [-0.4, -0.2) is 42.8 Å². The Bertz CT molecular complexity index is 630. The fourth-order valence-electron chi connectivity index (χ4n) is 2.04. The Morgan fingerprint density at radius 2 is 1.81 bits per heavy atom. The fourth-order valence-corrected chi connectivity index (χ4v) is 2.04. The number of carbonyl (C=O) groups is 2. The molecule has 0 saturated heterocycles. The third kappa shape index (κ3) is 8.55. The lowest BCUT2D eigenvalue weighted by Crippen LogP contribution is -2.35. The maximum Gasteiger partial charge on any atom is 0.410 e. The molecule has 1 aromatic rings. The average Bonchev–Trinajstić information content (AvgIpc) is 2.53. The molecular formula is C20H30N2O4. The zero-order chi connectivity index (χ0) is 19.7. The second-order valence-electron chi connectivity index (χ2n) is 7.06. The van der Waals surface area contributed by atoms with Gasteiger partial charge in [0.2, 0.25) is 0 Å². The molecule has 0 heterocycles. The Hall–Kier alpha value is -2.50. The van der Waals surface area contributed by atoms with Crippen LogP contribution < -0.4 is 5.32 Å². The molecule has 0 fully saturated rings. The third-order valence-corrected chi connectivity index (χ3v) is 3.36. The lowest BCUT2D eigenvalue weighted by Gasteiger charge is -2.25. The van der Waals surface area contributed by atoms with Crippen LogP contribution in [-0.2, 0) is 14.3 Å². The van der Waals surface area contributed by atoms with Gasteiger partial charge in [-0.1, -0.05) is 17.7 Å². The van der Waals surface area contributed by atoms with Crippen molar-refractivity contribution in [2.24, 2.45) is 0 Å². The summed E-state index contributed by atoms with van der Waals surface area (Å²) in [6, 6.07) is 7.84. The molecule has 1 amide bonds. The summed E-state index contributed by atoms with van der Waals surface area (Å²) < 4.78 is 10.3. The van der Waals surface area contributed by atoms with Crippen molar-refractivity contribution in [2.75, 3.05) is 25.5 Å². The largest absolute Gasteiger partial charge is 0.463 e. The van der Waals surface area contributed by atoms with E-state index in [0.717, 1.165) is 11.3 Å². The Morgan fingerprint density at radius 1 is 1.19 bits per heavy atom. The van der Waals surface area contributed by atoms with Gasteiger partial charge in [-0.2, -0.15) is 0 Å². The molecule has 144 valence electrons. The summed E-state index contributed by atoms with van der Waals surface area (Å²) in [5.74, 6) is -0.415. The Kier molecular flexibility index (Phi) is 8.16. The molecule has 0 radical (unpaired) electrons. The number of anilines is 1. The fraction of sp³-hybridized carbons (Fsp3) is 0.500. The van der Waals surface area contributed by atoms with Gasteiger partial charge in [0.25, 0.3) is 0 Å². The van der Waals surface area contributed by atoms with Crippen molar-refractivity contribution in [3.8, 4) is 0 Å². The molecule has 1 N–H and O–H groups in total. The van der Waals surface area contributed by atoms with Crippen molar-refractivity contribution in [3.05, 3.63) is 41.6 Å². The molecule has 0 aromatic heterocycles. The summed E-state index contributed by atoms with van der Waals surface area (Å²) in [4.78, 5) is 25.4. The second-order valence-corrected chi connectivity index (χ2v) is 7.06. The van der Waals surface area contributed by atoms with Gasteiger partial charge in [-0.05, 0) is 46.8 Å². The predicted molar refractivity (Wildman–Crippen MR) is 103 cm³/mol. The summed E-state index contributed by atoms with van der Waals surface area (Å²) in [5.41, 5.74) is 2.14. The van der Waals surface area contributed by atoms with Crippen LogP contribution in [0.25, 0.3) is 0 Å². The van der Waals surface area contributed by atoms with E-state index in [9.17, 15) is 9.59 Å². The lowest BCUT2D eigenvalue weighted by molar-refractivity contribution is -0.137. The minimum absolute atomic E-state index is 0.310. The first-order valence-electron chi connectivity index (χ1n) is 8.76. The molecule has 1 rings (SSSR count). The SMILES string of the molecule is CCOC(=O)C=C(CCN(C)C(=O)OC(C)(C)C)Nc1ccc(C)cc1. The molecule has 0 atom stereocenters. The highest BCUT2D eigenvalue weighted by Crippen LogP contribution is 2.15. The van der Waals surface area contributed by atoms with E-state index in [2.05, 4.69) is 5.32 Å². The van der Waals surface area contributed by atoms with Crippen LogP contribution in [0, 0.1) is 6.92 Å². The number of nitrogens with zero attached hydrogens (tertiary/aromatic N) is 1. The molecular weight excluding hydrogens is 332 g/mol. The maximum absolute atomic E-state index is 12.1. The molecule has 6 nitrogen and oxygen atoms in total. The topological polar surface area (TPSA) is 67.9 Å². The van der Waals surface area contributed by atoms with E-state index < -0.39 is 17.7 Å². The van der Waals surface area contributed by atoms with Gasteiger partial charge in [0.05, 0.1) is 6.61 Å². The molecule has 0 aliphatic carbocycles. The van der Waals surface area contributed by atoms with Gasteiger partial charge in [0, 0.05) is 37.5 Å². The zero-order valence-corrected chi connectivity index (χ0v) is 16.6. The summed E-state index contributed by atoms with van der Waals surface area (Å²) in [6.07, 6.45) is 1.48. The van der Waals surface area contributed by atoms with Gasteiger partial charge in [-0.15, -0.1) is 0 Å². The second kappa shape index (κ2) is 9.85. The van der Waals surface area contributed by atoms with E-state index >= 15 is 0 Å². The van der Waals surface area contributed by atoms with Crippen molar-refractivity contribution in [3.63, 3.8) is 0 Å². The predicted octanol–water partition coefficient (Wildman–Crippen LogP) is 4.11. The van der Waals surface area contributed by atoms with E-state index in [4.69, 9.17) is 9.47 Å². The molecule has 0 saturated carbocycles. The van der Waals surface area contributed by atoms with Crippen LogP contribution in [0.5, 0.6) is 0 Å². The highest BCUT2D eigenvalue weighted by molar-refractivity contribution is 5.83. The molecule has 0 spiro atoms. The number of nitrogens with one attached hydrogen (secondary N) is 1. The zero-order valence-electron chi connectivity index (χ0n) is 16.6. The van der Waals surface area contributed by atoms with Gasteiger partial charge in [-0.3, -0.25) is 0 Å². The quantitative estimate of drug-likeness (QED) is 0.584. The van der Waals surface area contributed by atoms with Gasteiger partial charge in [0.1, 0.15) is 5.60 Å². The number of hydrogen-bond acceptors (Lipinski definition) is 5. The first-order valence-corrected chi connectivity index (χ1v) is 8.76. The normalized spacial score (nSPS) is 11.7. The van der Waals surface area contributed by atoms with Crippen molar-refractivity contribution in [2.45, 2.75) is 46.6 Å². The average molecular weight is 362 g/mol. The van der Waals surface area contributed by atoms with Crippen molar-refractivity contribution in [1.29, 1.82) is 0 Å². The molecule has 0 unspecified atom stereocenters. The van der Waals surface area contributed by atoms with Crippen LogP contribution in [0.2, 0.25) is 0 Å². The number of rotatable bonds is 7. The first kappa shape index (κ1) is 21.5. The molecule has 0 bridgehead atoms. The molecule has 26 heavy (non-hydrogen) atoms. The number of carbonyl (C=O) groups excluding carboxylic acids is 2. The molecule has 6 heteroatoms. The van der Waals surface area contributed by atoms with Crippen molar-refractivity contribution in [1.82, 2.24) is 4.90 Å². The van der Waals surface area contributed by atoms with E-state index in [-0.39, 0.29) is 0 Å². The van der Waals surface area contributed by atoms with Crippen molar-refractivity contribution < 1.29 is 19.1 Å². The van der Waals surface area contributed by atoms with Crippen LogP contribution in [0.1, 0.15) is 39.7 Å². The number of esters is 1. The smallest absolute Gasteiger partial charge is 0.410 e. The summed E-state index contributed by atoms with van der Waals surface area (Å²) >= 11 is 0. The van der Waals surface area contributed by atoms with Crippen molar-refractivity contribution >= 4 is 17.7 Å². The number of aryl methyl sites for hydroxylation is 1. The van der Waals surface area contributed by atoms with Crippen LogP contribution in [0.15, 0.2) is 36.0 Å². The van der Waals surface area contributed by atoms with E-state index in [0.29, 0.717) is 25.3 Å². The van der Waals surface area contributed by atoms with E-state index in [1.165, 1.54) is 11.0 Å². The summed E-state index contributed by atoms with van der Waals surface area (Å²) in [6.45, 7) is 9.95. The van der Waals surface area contributed by atoms with E-state index in [1.54, 1.807) is 14.0 Å². The third-order valence-electron chi connectivity index (χ3n) is 3.36.